The molecule has 0 saturated heterocycles. The van der Waals surface area contributed by atoms with E-state index in [1.54, 1.807) is 0 Å². The van der Waals surface area contributed by atoms with Crippen molar-refractivity contribution in [1.82, 2.24) is 10.2 Å². The maximum atomic E-state index is 12.0. The lowest BCUT2D eigenvalue weighted by Crippen LogP contribution is -1.81. The third-order valence-corrected chi connectivity index (χ3v) is 0.841. The number of halogens is 1. The first kappa shape index (κ1) is 5.37. The van der Waals surface area contributed by atoms with Crippen molar-refractivity contribution in [1.29, 1.82) is 0 Å². The number of aromatic nitrogens is 2. The molecule has 1 rings (SSSR count). The molecule has 0 aliphatic heterocycles. The van der Waals surface area contributed by atoms with Gasteiger partial charge in [0.05, 0.1) is 6.20 Å². The summed E-state index contributed by atoms with van der Waals surface area (Å²) >= 11 is 4.54. The van der Waals surface area contributed by atoms with Crippen molar-refractivity contribution in [2.24, 2.45) is 0 Å². The highest BCUT2D eigenvalue weighted by molar-refractivity contribution is 7.71. The summed E-state index contributed by atoms with van der Waals surface area (Å²) in [6.45, 7) is 0. The Morgan fingerprint density at radius 3 is 2.88 bits per heavy atom. The molecule has 42 valence electrons. The first-order valence-electron chi connectivity index (χ1n) is 1.99. The van der Waals surface area contributed by atoms with E-state index >= 15 is 0 Å². The molecule has 0 radical (unpaired) electrons. The van der Waals surface area contributed by atoms with Gasteiger partial charge in [0.25, 0.3) is 0 Å². The van der Waals surface area contributed by atoms with Crippen LogP contribution in [0.5, 0.6) is 0 Å². The Bertz CT molecular complexity index is 231. The van der Waals surface area contributed by atoms with Crippen molar-refractivity contribution < 1.29 is 4.39 Å². The molecule has 1 aromatic heterocycles. The van der Waals surface area contributed by atoms with Gasteiger partial charge in [-0.1, -0.05) is 12.2 Å². The van der Waals surface area contributed by atoms with E-state index < -0.39 is 5.82 Å². The molecule has 0 spiro atoms. The molecule has 0 atom stereocenters. The second-order valence-electron chi connectivity index (χ2n) is 1.26. The lowest BCUT2D eigenvalue weighted by Gasteiger charge is -1.81. The van der Waals surface area contributed by atoms with E-state index in [0.717, 1.165) is 6.20 Å². The third kappa shape index (κ3) is 1.10. The van der Waals surface area contributed by atoms with Crippen LogP contribution in [0.4, 0.5) is 4.39 Å². The largest absolute Gasteiger partial charge is 0.268 e. The van der Waals surface area contributed by atoms with E-state index in [1.165, 1.54) is 6.07 Å². The molecule has 2 nitrogen and oxygen atoms in total. The number of nitrogens with zero attached hydrogens (tertiary/aromatic N) is 1. The first-order chi connectivity index (χ1) is 3.79. The zero-order valence-corrected chi connectivity index (χ0v) is 4.70. The van der Waals surface area contributed by atoms with Crippen LogP contribution >= 0.6 is 12.2 Å². The summed E-state index contributed by atoms with van der Waals surface area (Å²) in [4.78, 5) is 0. The summed E-state index contributed by atoms with van der Waals surface area (Å²) in [6, 6.07) is 1.20. The van der Waals surface area contributed by atoms with Gasteiger partial charge in [-0.05, 0) is 0 Å². The van der Waals surface area contributed by atoms with Crippen LogP contribution in [0, 0.1) is 10.5 Å². The summed E-state index contributed by atoms with van der Waals surface area (Å²) in [6.07, 6.45) is 1.07. The van der Waals surface area contributed by atoms with Crippen LogP contribution in [0.15, 0.2) is 12.3 Å². The number of rotatable bonds is 0. The van der Waals surface area contributed by atoms with Crippen molar-refractivity contribution >= 4 is 12.2 Å². The number of hydrogen-bond acceptors (Lipinski definition) is 2. The SMILES string of the molecule is Fc1cn[nH]c(=S)c1. The molecule has 1 heterocycles. The van der Waals surface area contributed by atoms with E-state index in [9.17, 15) is 4.39 Å². The molecule has 1 aromatic rings. The summed E-state index contributed by atoms with van der Waals surface area (Å²) in [5.41, 5.74) is 0. The number of nitrogens with one attached hydrogen (secondary N) is 1. The van der Waals surface area contributed by atoms with Crippen LogP contribution in [-0.2, 0) is 0 Å². The van der Waals surface area contributed by atoms with Gasteiger partial charge >= 0.3 is 0 Å². The average Bonchev–Trinajstić information content (AvgIpc) is 1.64. The molecule has 0 aromatic carbocycles. The normalized spacial score (nSPS) is 9.12. The maximum Gasteiger partial charge on any atom is 0.146 e. The van der Waals surface area contributed by atoms with E-state index in [0.29, 0.717) is 4.64 Å². The average molecular weight is 130 g/mol. The fraction of sp³-hybridized carbons (Fsp3) is 0. The summed E-state index contributed by atoms with van der Waals surface area (Å²) in [5.74, 6) is -0.409. The summed E-state index contributed by atoms with van der Waals surface area (Å²) in [7, 11) is 0. The number of aromatic amines is 1. The molecular weight excluding hydrogens is 127 g/mol. The summed E-state index contributed by atoms with van der Waals surface area (Å²) in [5, 5.41) is 5.78. The predicted octanol–water partition coefficient (Wildman–Crippen LogP) is 1.28. The zero-order chi connectivity index (χ0) is 5.98. The van der Waals surface area contributed by atoms with Crippen LogP contribution < -0.4 is 0 Å². The molecule has 0 aliphatic carbocycles. The fourth-order valence-corrected chi connectivity index (χ4v) is 0.518. The topological polar surface area (TPSA) is 28.7 Å². The van der Waals surface area contributed by atoms with E-state index in [-0.39, 0.29) is 0 Å². The van der Waals surface area contributed by atoms with Gasteiger partial charge in [-0.25, -0.2) is 4.39 Å². The van der Waals surface area contributed by atoms with Crippen molar-refractivity contribution in [3.05, 3.63) is 22.7 Å². The molecule has 1 N–H and O–H groups in total. The number of H-pyrrole nitrogens is 1. The van der Waals surface area contributed by atoms with Gasteiger partial charge in [-0.3, -0.25) is 5.10 Å². The zero-order valence-electron chi connectivity index (χ0n) is 3.89. The lowest BCUT2D eigenvalue weighted by atomic mass is 10.6. The van der Waals surface area contributed by atoms with Crippen LogP contribution in [0.3, 0.4) is 0 Å². The quantitative estimate of drug-likeness (QED) is 0.536. The monoisotopic (exact) mass is 130 g/mol. The second-order valence-corrected chi connectivity index (χ2v) is 1.70. The van der Waals surface area contributed by atoms with Crippen molar-refractivity contribution in [3.8, 4) is 0 Å². The molecule has 8 heavy (non-hydrogen) atoms. The first-order valence-corrected chi connectivity index (χ1v) is 2.40. The van der Waals surface area contributed by atoms with E-state index in [4.69, 9.17) is 0 Å². The Morgan fingerprint density at radius 2 is 2.50 bits per heavy atom. The number of hydrogen-bond donors (Lipinski definition) is 1. The maximum absolute atomic E-state index is 12.0. The van der Waals surface area contributed by atoms with E-state index in [2.05, 4.69) is 22.4 Å². The predicted molar refractivity (Wildman–Crippen MR) is 29.4 cm³/mol. The van der Waals surface area contributed by atoms with Gasteiger partial charge in [0.2, 0.25) is 0 Å². The van der Waals surface area contributed by atoms with Gasteiger partial charge in [-0.15, -0.1) is 0 Å². The summed E-state index contributed by atoms with van der Waals surface area (Å²) < 4.78 is 12.3. The van der Waals surface area contributed by atoms with Crippen LogP contribution in [0.25, 0.3) is 0 Å². The fourth-order valence-electron chi connectivity index (χ4n) is 0.352. The Balaban J connectivity index is 3.28. The molecule has 0 unspecified atom stereocenters. The Morgan fingerprint density at radius 1 is 1.75 bits per heavy atom. The van der Waals surface area contributed by atoms with Crippen molar-refractivity contribution in [2.45, 2.75) is 0 Å². The highest BCUT2D eigenvalue weighted by atomic mass is 32.1. The molecule has 0 bridgehead atoms. The van der Waals surface area contributed by atoms with Gasteiger partial charge in [-0.2, -0.15) is 5.10 Å². The molecule has 0 aliphatic rings. The smallest absolute Gasteiger partial charge is 0.146 e. The third-order valence-electron chi connectivity index (χ3n) is 0.632. The highest BCUT2D eigenvalue weighted by Gasteiger charge is 1.83. The highest BCUT2D eigenvalue weighted by Crippen LogP contribution is 1.89. The lowest BCUT2D eigenvalue weighted by molar-refractivity contribution is 0.613. The Labute approximate surface area is 50.4 Å². The molecular formula is C4H3FN2S. The van der Waals surface area contributed by atoms with Crippen molar-refractivity contribution in [3.63, 3.8) is 0 Å². The second kappa shape index (κ2) is 2.00. The molecule has 4 heteroatoms. The Hall–Kier alpha value is -0.770. The minimum atomic E-state index is -0.409. The molecule has 0 saturated carbocycles. The van der Waals surface area contributed by atoms with Crippen LogP contribution in [0.2, 0.25) is 0 Å². The minimum Gasteiger partial charge on any atom is -0.268 e. The van der Waals surface area contributed by atoms with Crippen LogP contribution in [-0.4, -0.2) is 10.2 Å². The van der Waals surface area contributed by atoms with Gasteiger partial charge in [0.1, 0.15) is 10.5 Å². The van der Waals surface area contributed by atoms with Gasteiger partial charge in [0, 0.05) is 6.07 Å². The molecule has 0 fully saturated rings. The standard InChI is InChI=1S/C4H3FN2S/c5-3-1-4(8)7-6-2-3/h1-2H,(H,7,8). The van der Waals surface area contributed by atoms with Gasteiger partial charge in [0.15, 0.2) is 0 Å². The Kier molecular flexibility index (Phi) is 1.34. The van der Waals surface area contributed by atoms with E-state index in [1.807, 2.05) is 0 Å². The minimum absolute atomic E-state index is 0.310. The van der Waals surface area contributed by atoms with Crippen molar-refractivity contribution in [2.75, 3.05) is 0 Å². The molecule has 0 amide bonds. The van der Waals surface area contributed by atoms with Crippen LogP contribution in [0.1, 0.15) is 0 Å². The van der Waals surface area contributed by atoms with Gasteiger partial charge < -0.3 is 0 Å².